The van der Waals surface area contributed by atoms with Gasteiger partial charge in [0.05, 0.1) is 6.61 Å². The Bertz CT molecular complexity index is 328. The van der Waals surface area contributed by atoms with Gasteiger partial charge in [-0.05, 0) is 44.0 Å². The van der Waals surface area contributed by atoms with Crippen LogP contribution in [0.5, 0.6) is 5.75 Å². The molecule has 1 atom stereocenters. The van der Waals surface area contributed by atoms with E-state index in [-0.39, 0.29) is 0 Å². The monoisotopic (exact) mass is 299 g/mol. The molecule has 3 heteroatoms. The minimum absolute atomic E-state index is 0.544. The molecule has 0 spiro atoms. The van der Waals surface area contributed by atoms with Gasteiger partial charge in [0.1, 0.15) is 5.75 Å². The van der Waals surface area contributed by atoms with Crippen molar-refractivity contribution in [3.8, 4) is 5.75 Å². The summed E-state index contributed by atoms with van der Waals surface area (Å²) in [4.78, 5) is 0. The summed E-state index contributed by atoms with van der Waals surface area (Å²) in [6.07, 6.45) is 2.24. The van der Waals surface area contributed by atoms with Gasteiger partial charge < -0.3 is 10.1 Å². The van der Waals surface area contributed by atoms with Crippen LogP contribution in [0.2, 0.25) is 0 Å². The van der Waals surface area contributed by atoms with Crippen molar-refractivity contribution in [1.29, 1.82) is 0 Å². The van der Waals surface area contributed by atoms with Crippen LogP contribution in [0.15, 0.2) is 28.7 Å². The molecule has 0 aliphatic carbocycles. The second-order valence-electron chi connectivity index (χ2n) is 4.71. The standard InChI is InChI=1S/C14H22BrNO/c1-11(2)9-13(16-3)7-8-17-14-6-4-5-12(15)10-14/h4-6,10-11,13,16H,7-9H2,1-3H3. The predicted octanol–water partition coefficient (Wildman–Crippen LogP) is 3.85. The molecular weight excluding hydrogens is 278 g/mol. The third kappa shape index (κ3) is 6.08. The van der Waals surface area contributed by atoms with Crippen LogP contribution in [0.25, 0.3) is 0 Å². The van der Waals surface area contributed by atoms with E-state index < -0.39 is 0 Å². The highest BCUT2D eigenvalue weighted by Gasteiger charge is 2.08. The maximum absolute atomic E-state index is 5.73. The Morgan fingerprint density at radius 3 is 2.71 bits per heavy atom. The van der Waals surface area contributed by atoms with Crippen molar-refractivity contribution in [2.75, 3.05) is 13.7 Å². The Morgan fingerprint density at radius 2 is 2.12 bits per heavy atom. The van der Waals surface area contributed by atoms with E-state index >= 15 is 0 Å². The zero-order valence-electron chi connectivity index (χ0n) is 10.9. The smallest absolute Gasteiger partial charge is 0.120 e. The first-order valence-electron chi connectivity index (χ1n) is 6.17. The molecule has 0 saturated carbocycles. The number of benzene rings is 1. The molecule has 0 amide bonds. The summed E-state index contributed by atoms with van der Waals surface area (Å²) in [6.45, 7) is 5.26. The van der Waals surface area contributed by atoms with Crippen LogP contribution in [-0.2, 0) is 0 Å². The molecule has 1 aromatic carbocycles. The van der Waals surface area contributed by atoms with Crippen molar-refractivity contribution in [2.24, 2.45) is 5.92 Å². The molecule has 0 heterocycles. The van der Waals surface area contributed by atoms with Gasteiger partial charge in [-0.15, -0.1) is 0 Å². The van der Waals surface area contributed by atoms with E-state index in [0.29, 0.717) is 6.04 Å². The third-order valence-corrected chi connectivity index (χ3v) is 3.19. The van der Waals surface area contributed by atoms with Gasteiger partial charge in [-0.2, -0.15) is 0 Å². The second-order valence-corrected chi connectivity index (χ2v) is 5.63. The summed E-state index contributed by atoms with van der Waals surface area (Å²) < 4.78 is 6.79. The van der Waals surface area contributed by atoms with Crippen LogP contribution < -0.4 is 10.1 Å². The van der Waals surface area contributed by atoms with Crippen molar-refractivity contribution >= 4 is 15.9 Å². The maximum Gasteiger partial charge on any atom is 0.120 e. The van der Waals surface area contributed by atoms with E-state index in [1.807, 2.05) is 31.3 Å². The Kier molecular flexibility index (Phi) is 6.60. The molecule has 0 saturated heterocycles. The lowest BCUT2D eigenvalue weighted by Crippen LogP contribution is -2.28. The molecule has 1 rings (SSSR count). The molecule has 1 N–H and O–H groups in total. The molecule has 0 aliphatic heterocycles. The largest absolute Gasteiger partial charge is 0.493 e. The zero-order chi connectivity index (χ0) is 12.7. The van der Waals surface area contributed by atoms with Crippen LogP contribution in [0.1, 0.15) is 26.7 Å². The van der Waals surface area contributed by atoms with Crippen molar-refractivity contribution < 1.29 is 4.74 Å². The topological polar surface area (TPSA) is 21.3 Å². The Morgan fingerprint density at radius 1 is 1.35 bits per heavy atom. The molecule has 96 valence electrons. The molecule has 1 unspecified atom stereocenters. The fourth-order valence-electron chi connectivity index (χ4n) is 1.82. The SMILES string of the molecule is CNC(CCOc1cccc(Br)c1)CC(C)C. The van der Waals surface area contributed by atoms with Crippen molar-refractivity contribution in [1.82, 2.24) is 5.32 Å². The molecule has 1 aromatic rings. The van der Waals surface area contributed by atoms with Gasteiger partial charge in [0.15, 0.2) is 0 Å². The van der Waals surface area contributed by atoms with E-state index in [1.54, 1.807) is 0 Å². The highest BCUT2D eigenvalue weighted by molar-refractivity contribution is 9.10. The summed E-state index contributed by atoms with van der Waals surface area (Å²) in [5.41, 5.74) is 0. The van der Waals surface area contributed by atoms with Gasteiger partial charge in [-0.25, -0.2) is 0 Å². The number of ether oxygens (including phenoxy) is 1. The fourth-order valence-corrected chi connectivity index (χ4v) is 2.20. The normalized spacial score (nSPS) is 12.8. The highest BCUT2D eigenvalue weighted by atomic mass is 79.9. The van der Waals surface area contributed by atoms with Crippen molar-refractivity contribution in [2.45, 2.75) is 32.7 Å². The summed E-state index contributed by atoms with van der Waals surface area (Å²) in [5.74, 6) is 1.65. The van der Waals surface area contributed by atoms with E-state index in [1.165, 1.54) is 6.42 Å². The number of hydrogen-bond acceptors (Lipinski definition) is 2. The van der Waals surface area contributed by atoms with Crippen LogP contribution in [-0.4, -0.2) is 19.7 Å². The lowest BCUT2D eigenvalue weighted by Gasteiger charge is -2.18. The molecule has 0 aliphatic rings. The van der Waals surface area contributed by atoms with Crippen LogP contribution >= 0.6 is 15.9 Å². The second kappa shape index (κ2) is 7.72. The molecule has 0 aromatic heterocycles. The first-order valence-corrected chi connectivity index (χ1v) is 6.96. The Balaban J connectivity index is 2.31. The van der Waals surface area contributed by atoms with E-state index in [9.17, 15) is 0 Å². The minimum atomic E-state index is 0.544. The quantitative estimate of drug-likeness (QED) is 0.826. The lowest BCUT2D eigenvalue weighted by molar-refractivity contribution is 0.277. The van der Waals surface area contributed by atoms with E-state index in [4.69, 9.17) is 4.74 Å². The molecule has 0 bridgehead atoms. The summed E-state index contributed by atoms with van der Waals surface area (Å²) in [7, 11) is 2.02. The van der Waals surface area contributed by atoms with Gasteiger partial charge >= 0.3 is 0 Å². The molecule has 17 heavy (non-hydrogen) atoms. The number of halogens is 1. The number of hydrogen-bond donors (Lipinski definition) is 1. The molecular formula is C14H22BrNO. The summed E-state index contributed by atoms with van der Waals surface area (Å²) in [5, 5.41) is 3.34. The Hall–Kier alpha value is -0.540. The summed E-state index contributed by atoms with van der Waals surface area (Å²) in [6, 6.07) is 8.52. The van der Waals surface area contributed by atoms with Gasteiger partial charge in [0, 0.05) is 10.5 Å². The van der Waals surface area contributed by atoms with Gasteiger partial charge in [-0.1, -0.05) is 35.8 Å². The fraction of sp³-hybridized carbons (Fsp3) is 0.571. The lowest BCUT2D eigenvalue weighted by atomic mass is 10.0. The third-order valence-electron chi connectivity index (χ3n) is 2.70. The van der Waals surface area contributed by atoms with E-state index in [2.05, 4.69) is 35.1 Å². The van der Waals surface area contributed by atoms with Crippen LogP contribution in [0.3, 0.4) is 0 Å². The zero-order valence-corrected chi connectivity index (χ0v) is 12.5. The predicted molar refractivity (Wildman–Crippen MR) is 76.6 cm³/mol. The van der Waals surface area contributed by atoms with Crippen LogP contribution in [0, 0.1) is 5.92 Å². The minimum Gasteiger partial charge on any atom is -0.493 e. The molecule has 0 fully saturated rings. The molecule has 2 nitrogen and oxygen atoms in total. The first kappa shape index (κ1) is 14.5. The van der Waals surface area contributed by atoms with Crippen molar-refractivity contribution in [3.63, 3.8) is 0 Å². The molecule has 0 radical (unpaired) electrons. The first-order chi connectivity index (χ1) is 8.11. The number of rotatable bonds is 7. The Labute approximate surface area is 113 Å². The average Bonchev–Trinajstić information content (AvgIpc) is 2.27. The number of nitrogens with one attached hydrogen (secondary N) is 1. The average molecular weight is 300 g/mol. The summed E-state index contributed by atoms with van der Waals surface area (Å²) >= 11 is 3.44. The highest BCUT2D eigenvalue weighted by Crippen LogP contribution is 2.18. The van der Waals surface area contributed by atoms with Crippen LogP contribution in [0.4, 0.5) is 0 Å². The van der Waals surface area contributed by atoms with Gasteiger partial charge in [-0.3, -0.25) is 0 Å². The maximum atomic E-state index is 5.73. The van der Waals surface area contributed by atoms with E-state index in [0.717, 1.165) is 29.2 Å². The van der Waals surface area contributed by atoms with Gasteiger partial charge in [0.2, 0.25) is 0 Å². The van der Waals surface area contributed by atoms with Crippen molar-refractivity contribution in [3.05, 3.63) is 28.7 Å². The van der Waals surface area contributed by atoms with Gasteiger partial charge in [0.25, 0.3) is 0 Å².